The van der Waals surface area contributed by atoms with Gasteiger partial charge in [0.2, 0.25) is 0 Å². The lowest BCUT2D eigenvalue weighted by molar-refractivity contribution is -0.0270. The maximum Gasteiger partial charge on any atom is 0.270 e. The Morgan fingerprint density at radius 3 is 2.39 bits per heavy atom. The van der Waals surface area contributed by atoms with Crippen molar-refractivity contribution in [1.29, 1.82) is 0 Å². The molecule has 1 amide bonds. The van der Waals surface area contributed by atoms with Gasteiger partial charge in [-0.1, -0.05) is 48.5 Å². The molecule has 0 radical (unpaired) electrons. The Bertz CT molecular complexity index is 1100. The standard InChI is InChI=1S/C27H30N4O2/c32-26(25-12-7-17-30(25)21-22-8-3-1-4-9-22)29-18-14-27(33,15-19-29)20-24-13-16-28-31(24)23-10-5-2-6-11-23/h1-12,16-17,24,33H,13-15,18-21H2. The first kappa shape index (κ1) is 21.5. The third-order valence-corrected chi connectivity index (χ3v) is 6.79. The highest BCUT2D eigenvalue weighted by molar-refractivity contribution is 5.93. The summed E-state index contributed by atoms with van der Waals surface area (Å²) in [5, 5.41) is 17.9. The topological polar surface area (TPSA) is 61.1 Å². The first-order chi connectivity index (χ1) is 16.1. The molecule has 3 aromatic rings. The third-order valence-electron chi connectivity index (χ3n) is 6.79. The first-order valence-corrected chi connectivity index (χ1v) is 11.7. The second-order valence-electron chi connectivity index (χ2n) is 9.10. The maximum absolute atomic E-state index is 13.3. The molecule has 0 spiro atoms. The van der Waals surface area contributed by atoms with Gasteiger partial charge in [-0.15, -0.1) is 0 Å². The number of hydrazone groups is 1. The van der Waals surface area contributed by atoms with Gasteiger partial charge in [0, 0.05) is 38.5 Å². The van der Waals surface area contributed by atoms with Gasteiger partial charge >= 0.3 is 0 Å². The number of anilines is 1. The minimum atomic E-state index is -0.784. The number of aromatic nitrogens is 1. The highest BCUT2D eigenvalue weighted by Gasteiger charge is 2.38. The Morgan fingerprint density at radius 2 is 1.67 bits per heavy atom. The molecule has 1 atom stereocenters. The lowest BCUT2D eigenvalue weighted by Crippen LogP contribution is -2.49. The van der Waals surface area contributed by atoms with E-state index in [1.807, 2.05) is 87.6 Å². The zero-order chi connectivity index (χ0) is 22.7. The van der Waals surface area contributed by atoms with Crippen molar-refractivity contribution in [3.8, 4) is 0 Å². The lowest BCUT2D eigenvalue weighted by atomic mass is 9.84. The predicted octanol–water partition coefficient (Wildman–Crippen LogP) is 4.16. The Labute approximate surface area is 194 Å². The Morgan fingerprint density at radius 1 is 0.970 bits per heavy atom. The number of likely N-dealkylation sites (tertiary alicyclic amines) is 1. The van der Waals surface area contributed by atoms with Gasteiger partial charge in [-0.3, -0.25) is 9.80 Å². The van der Waals surface area contributed by atoms with Crippen LogP contribution in [0.1, 0.15) is 41.7 Å². The molecule has 170 valence electrons. The van der Waals surface area contributed by atoms with Gasteiger partial charge in [-0.25, -0.2) is 0 Å². The van der Waals surface area contributed by atoms with Crippen LogP contribution in [0.3, 0.4) is 0 Å². The quantitative estimate of drug-likeness (QED) is 0.624. The van der Waals surface area contributed by atoms with Gasteiger partial charge in [0.15, 0.2) is 0 Å². The lowest BCUT2D eigenvalue weighted by Gasteiger charge is -2.40. The zero-order valence-electron chi connectivity index (χ0n) is 18.8. The largest absolute Gasteiger partial charge is 0.390 e. The minimum Gasteiger partial charge on any atom is -0.390 e. The SMILES string of the molecule is O=C(c1cccn1Cc1ccccc1)N1CCC(O)(CC2CC=NN2c2ccccc2)CC1. The van der Waals surface area contributed by atoms with E-state index in [0.717, 1.165) is 17.7 Å². The number of benzene rings is 2. The number of para-hydroxylation sites is 1. The van der Waals surface area contributed by atoms with Crippen LogP contribution in [0.5, 0.6) is 0 Å². The van der Waals surface area contributed by atoms with Crippen molar-refractivity contribution < 1.29 is 9.90 Å². The fraction of sp³-hybridized carbons (Fsp3) is 0.333. The molecule has 1 fully saturated rings. The Kier molecular flexibility index (Phi) is 6.01. The molecule has 1 saturated heterocycles. The van der Waals surface area contributed by atoms with Crippen molar-refractivity contribution >= 4 is 17.8 Å². The van der Waals surface area contributed by atoms with E-state index in [-0.39, 0.29) is 11.9 Å². The van der Waals surface area contributed by atoms with Crippen LogP contribution in [0.2, 0.25) is 0 Å². The molecule has 33 heavy (non-hydrogen) atoms. The van der Waals surface area contributed by atoms with Crippen molar-refractivity contribution in [2.24, 2.45) is 5.10 Å². The number of carbonyl (C=O) groups excluding carboxylic acids is 1. The molecule has 2 aromatic carbocycles. The number of carbonyl (C=O) groups is 1. The Hall–Kier alpha value is -3.38. The summed E-state index contributed by atoms with van der Waals surface area (Å²) in [5.41, 5.74) is 2.13. The molecule has 0 saturated carbocycles. The van der Waals surface area contributed by atoms with Crippen molar-refractivity contribution in [2.45, 2.75) is 43.9 Å². The van der Waals surface area contributed by atoms with Crippen molar-refractivity contribution in [2.75, 3.05) is 18.1 Å². The number of hydrogen-bond acceptors (Lipinski definition) is 4. The van der Waals surface area contributed by atoms with Gasteiger partial charge in [0.25, 0.3) is 5.91 Å². The van der Waals surface area contributed by atoms with E-state index >= 15 is 0 Å². The average Bonchev–Trinajstić information content (AvgIpc) is 3.50. The van der Waals surface area contributed by atoms with E-state index in [4.69, 9.17) is 0 Å². The molecule has 2 aliphatic heterocycles. The third kappa shape index (κ3) is 4.71. The molecular weight excluding hydrogens is 412 g/mol. The molecule has 1 N–H and O–H groups in total. The average molecular weight is 443 g/mol. The summed E-state index contributed by atoms with van der Waals surface area (Å²) in [4.78, 5) is 15.1. The van der Waals surface area contributed by atoms with Crippen LogP contribution in [-0.4, -0.2) is 51.4 Å². The van der Waals surface area contributed by atoms with Gasteiger partial charge < -0.3 is 14.6 Å². The van der Waals surface area contributed by atoms with Gasteiger partial charge in [-0.2, -0.15) is 5.10 Å². The predicted molar refractivity (Wildman–Crippen MR) is 130 cm³/mol. The van der Waals surface area contributed by atoms with Crippen LogP contribution in [0, 0.1) is 0 Å². The van der Waals surface area contributed by atoms with Crippen LogP contribution in [0.15, 0.2) is 84.1 Å². The van der Waals surface area contributed by atoms with Gasteiger partial charge in [-0.05, 0) is 49.1 Å². The molecule has 1 aromatic heterocycles. The molecule has 5 rings (SSSR count). The highest BCUT2D eigenvalue weighted by Crippen LogP contribution is 2.33. The molecule has 6 heteroatoms. The van der Waals surface area contributed by atoms with E-state index < -0.39 is 5.60 Å². The molecule has 6 nitrogen and oxygen atoms in total. The summed E-state index contributed by atoms with van der Waals surface area (Å²) < 4.78 is 2.01. The fourth-order valence-corrected chi connectivity index (χ4v) is 4.94. The normalized spacial score (nSPS) is 19.7. The second kappa shape index (κ2) is 9.24. The smallest absolute Gasteiger partial charge is 0.270 e. The minimum absolute atomic E-state index is 0.0353. The highest BCUT2D eigenvalue weighted by atomic mass is 16.3. The Balaban J connectivity index is 1.21. The number of piperidine rings is 1. The summed E-state index contributed by atoms with van der Waals surface area (Å²) in [5.74, 6) is 0.0353. The first-order valence-electron chi connectivity index (χ1n) is 11.7. The van der Waals surface area contributed by atoms with Gasteiger partial charge in [0.1, 0.15) is 5.69 Å². The number of aliphatic hydroxyl groups is 1. The monoisotopic (exact) mass is 442 g/mol. The van der Waals surface area contributed by atoms with E-state index in [9.17, 15) is 9.90 Å². The van der Waals surface area contributed by atoms with Crippen LogP contribution in [-0.2, 0) is 6.54 Å². The van der Waals surface area contributed by atoms with Gasteiger partial charge in [0.05, 0.1) is 17.3 Å². The maximum atomic E-state index is 13.3. The summed E-state index contributed by atoms with van der Waals surface area (Å²) >= 11 is 0. The number of hydrogen-bond donors (Lipinski definition) is 1. The zero-order valence-corrected chi connectivity index (χ0v) is 18.8. The van der Waals surface area contributed by atoms with E-state index in [1.54, 1.807) is 0 Å². The van der Waals surface area contributed by atoms with Crippen molar-refractivity contribution in [3.63, 3.8) is 0 Å². The van der Waals surface area contributed by atoms with Crippen LogP contribution >= 0.6 is 0 Å². The molecule has 2 aliphatic rings. The summed E-state index contributed by atoms with van der Waals surface area (Å²) in [6.45, 7) is 1.79. The number of rotatable bonds is 6. The molecule has 0 bridgehead atoms. The van der Waals surface area contributed by atoms with Crippen molar-refractivity contribution in [1.82, 2.24) is 9.47 Å². The van der Waals surface area contributed by atoms with E-state index in [1.165, 1.54) is 0 Å². The number of nitrogens with zero attached hydrogens (tertiary/aromatic N) is 4. The summed E-state index contributed by atoms with van der Waals surface area (Å²) in [7, 11) is 0. The molecule has 3 heterocycles. The molecular formula is C27H30N4O2. The number of amides is 1. The fourth-order valence-electron chi connectivity index (χ4n) is 4.94. The van der Waals surface area contributed by atoms with E-state index in [2.05, 4.69) is 17.2 Å². The van der Waals surface area contributed by atoms with Crippen LogP contribution in [0.4, 0.5) is 5.69 Å². The second-order valence-corrected chi connectivity index (χ2v) is 9.10. The van der Waals surface area contributed by atoms with Crippen LogP contribution in [0.25, 0.3) is 0 Å². The van der Waals surface area contributed by atoms with Crippen molar-refractivity contribution in [3.05, 3.63) is 90.3 Å². The van der Waals surface area contributed by atoms with Crippen LogP contribution < -0.4 is 5.01 Å². The molecule has 0 aliphatic carbocycles. The van der Waals surface area contributed by atoms with E-state index in [0.29, 0.717) is 44.6 Å². The molecule has 1 unspecified atom stereocenters. The summed E-state index contributed by atoms with van der Waals surface area (Å²) in [6, 6.07) is 24.2. The summed E-state index contributed by atoms with van der Waals surface area (Å²) in [6.07, 6.45) is 6.52.